The van der Waals surface area contributed by atoms with Gasteiger partial charge in [0.25, 0.3) is 6.43 Å². The highest BCUT2D eigenvalue weighted by molar-refractivity contribution is 5.78. The van der Waals surface area contributed by atoms with E-state index in [4.69, 9.17) is 5.26 Å². The number of halogens is 5. The van der Waals surface area contributed by atoms with E-state index >= 15 is 0 Å². The molecule has 0 radical (unpaired) electrons. The molecule has 0 bridgehead atoms. The quantitative estimate of drug-likeness (QED) is 0.599. The van der Waals surface area contributed by atoms with Gasteiger partial charge in [-0.1, -0.05) is 0 Å². The largest absolute Gasteiger partial charge is 0.418 e. The highest BCUT2D eigenvalue weighted by Gasteiger charge is 2.39. The standard InChI is InChI=1S/C9H3F5N2O/c10-8(11)7-5(1-15)6(9(12,13)14)4(3-17)2-16-7/h2-3,8H. The van der Waals surface area contributed by atoms with Gasteiger partial charge in [-0.3, -0.25) is 9.78 Å². The molecule has 0 aliphatic rings. The molecule has 90 valence electrons. The average molecular weight is 250 g/mol. The van der Waals surface area contributed by atoms with Crippen molar-refractivity contribution in [3.8, 4) is 6.07 Å². The van der Waals surface area contributed by atoms with Crippen LogP contribution in [0.15, 0.2) is 6.20 Å². The van der Waals surface area contributed by atoms with Crippen molar-refractivity contribution in [2.24, 2.45) is 0 Å². The number of rotatable bonds is 2. The molecule has 0 unspecified atom stereocenters. The lowest BCUT2D eigenvalue weighted by Crippen LogP contribution is -2.15. The van der Waals surface area contributed by atoms with Gasteiger partial charge in [0, 0.05) is 11.8 Å². The van der Waals surface area contributed by atoms with Gasteiger partial charge >= 0.3 is 6.18 Å². The summed E-state index contributed by atoms with van der Waals surface area (Å²) in [5, 5.41) is 8.49. The van der Waals surface area contributed by atoms with Crippen molar-refractivity contribution in [2.75, 3.05) is 0 Å². The van der Waals surface area contributed by atoms with Crippen molar-refractivity contribution in [2.45, 2.75) is 12.6 Å². The lowest BCUT2D eigenvalue weighted by molar-refractivity contribution is -0.138. The van der Waals surface area contributed by atoms with E-state index in [9.17, 15) is 26.7 Å². The number of alkyl halides is 5. The number of pyridine rings is 1. The van der Waals surface area contributed by atoms with Crippen LogP contribution in [0.3, 0.4) is 0 Å². The van der Waals surface area contributed by atoms with Gasteiger partial charge in [0.05, 0.1) is 11.1 Å². The van der Waals surface area contributed by atoms with E-state index in [1.807, 2.05) is 0 Å². The summed E-state index contributed by atoms with van der Waals surface area (Å²) in [5.41, 5.74) is -5.23. The molecule has 0 aliphatic carbocycles. The Balaban J connectivity index is 3.69. The van der Waals surface area contributed by atoms with Gasteiger partial charge in [0.15, 0.2) is 6.29 Å². The van der Waals surface area contributed by atoms with Gasteiger partial charge in [-0.15, -0.1) is 0 Å². The summed E-state index contributed by atoms with van der Waals surface area (Å²) in [6.45, 7) is 0. The summed E-state index contributed by atoms with van der Waals surface area (Å²) >= 11 is 0. The maximum atomic E-state index is 12.5. The third-order valence-corrected chi connectivity index (χ3v) is 1.87. The Bertz CT molecular complexity index is 489. The highest BCUT2D eigenvalue weighted by atomic mass is 19.4. The van der Waals surface area contributed by atoms with E-state index in [-0.39, 0.29) is 6.29 Å². The van der Waals surface area contributed by atoms with Crippen LogP contribution in [0.5, 0.6) is 0 Å². The molecule has 17 heavy (non-hydrogen) atoms. The molecule has 0 aliphatic heterocycles. The molecule has 1 aromatic heterocycles. The lowest BCUT2D eigenvalue weighted by atomic mass is 10.0. The van der Waals surface area contributed by atoms with Gasteiger partial charge in [-0.2, -0.15) is 18.4 Å². The van der Waals surface area contributed by atoms with Crippen LogP contribution < -0.4 is 0 Å². The molecular formula is C9H3F5N2O. The molecule has 0 saturated carbocycles. The first-order valence-electron chi connectivity index (χ1n) is 4.06. The predicted octanol–water partition coefficient (Wildman–Crippen LogP) is 2.72. The van der Waals surface area contributed by atoms with Crippen LogP contribution in [0.1, 0.15) is 33.6 Å². The Kier molecular flexibility index (Phi) is 3.41. The van der Waals surface area contributed by atoms with Crippen LogP contribution >= 0.6 is 0 Å². The monoisotopic (exact) mass is 250 g/mol. The van der Waals surface area contributed by atoms with Crippen LogP contribution in [0.25, 0.3) is 0 Å². The number of nitrogens with zero attached hydrogens (tertiary/aromatic N) is 2. The van der Waals surface area contributed by atoms with E-state index < -0.39 is 35.0 Å². The number of hydrogen-bond acceptors (Lipinski definition) is 3. The molecule has 3 nitrogen and oxygen atoms in total. The number of aldehydes is 1. The summed E-state index contributed by atoms with van der Waals surface area (Å²) in [5.74, 6) is 0. The van der Waals surface area contributed by atoms with Crippen molar-refractivity contribution in [1.82, 2.24) is 4.98 Å². The summed E-state index contributed by atoms with van der Waals surface area (Å²) < 4.78 is 62.3. The van der Waals surface area contributed by atoms with E-state index in [2.05, 4.69) is 4.98 Å². The Morgan fingerprint density at radius 3 is 2.35 bits per heavy atom. The molecule has 0 saturated heterocycles. The number of carbonyl (C=O) groups is 1. The smallest absolute Gasteiger partial charge is 0.298 e. The van der Waals surface area contributed by atoms with Crippen LogP contribution in [0, 0.1) is 11.3 Å². The summed E-state index contributed by atoms with van der Waals surface area (Å²) in [6, 6.07) is 1.01. The summed E-state index contributed by atoms with van der Waals surface area (Å²) in [6.07, 6.45) is -8.22. The fourth-order valence-electron chi connectivity index (χ4n) is 1.21. The molecule has 1 aromatic rings. The third kappa shape index (κ3) is 2.38. The first-order chi connectivity index (χ1) is 7.82. The van der Waals surface area contributed by atoms with Crippen LogP contribution in [0.2, 0.25) is 0 Å². The van der Waals surface area contributed by atoms with Gasteiger partial charge in [0.2, 0.25) is 0 Å². The van der Waals surface area contributed by atoms with Crippen molar-refractivity contribution in [1.29, 1.82) is 5.26 Å². The van der Waals surface area contributed by atoms with Gasteiger partial charge in [-0.25, -0.2) is 8.78 Å². The predicted molar refractivity (Wildman–Crippen MR) is 44.3 cm³/mol. The number of carbonyl (C=O) groups excluding carboxylic acids is 1. The molecule has 0 aromatic carbocycles. The maximum absolute atomic E-state index is 12.5. The van der Waals surface area contributed by atoms with Crippen molar-refractivity contribution in [3.63, 3.8) is 0 Å². The van der Waals surface area contributed by atoms with Crippen LogP contribution in [-0.2, 0) is 6.18 Å². The molecule has 8 heteroatoms. The Labute approximate surface area is 91.5 Å². The normalized spacial score (nSPS) is 11.4. The van der Waals surface area contributed by atoms with Gasteiger partial charge in [0.1, 0.15) is 11.8 Å². The van der Waals surface area contributed by atoms with Gasteiger partial charge in [-0.05, 0) is 0 Å². The van der Waals surface area contributed by atoms with Crippen molar-refractivity contribution < 1.29 is 26.7 Å². The molecule has 0 atom stereocenters. The topological polar surface area (TPSA) is 53.8 Å². The van der Waals surface area contributed by atoms with Crippen molar-refractivity contribution >= 4 is 6.29 Å². The average Bonchev–Trinajstić information content (AvgIpc) is 2.25. The van der Waals surface area contributed by atoms with Crippen molar-refractivity contribution in [3.05, 3.63) is 28.6 Å². The fourth-order valence-corrected chi connectivity index (χ4v) is 1.21. The number of hydrogen-bond donors (Lipinski definition) is 0. The first kappa shape index (κ1) is 13.0. The molecule has 1 heterocycles. The van der Waals surface area contributed by atoms with E-state index in [1.54, 1.807) is 0 Å². The number of aromatic nitrogens is 1. The van der Waals surface area contributed by atoms with E-state index in [1.165, 1.54) is 0 Å². The number of nitriles is 1. The zero-order chi connectivity index (χ0) is 13.2. The highest BCUT2D eigenvalue weighted by Crippen LogP contribution is 2.36. The SMILES string of the molecule is N#Cc1c(C(F)F)ncc(C=O)c1C(F)(F)F. The molecule has 0 fully saturated rings. The second-order valence-corrected chi connectivity index (χ2v) is 2.88. The first-order valence-corrected chi connectivity index (χ1v) is 4.06. The third-order valence-electron chi connectivity index (χ3n) is 1.87. The zero-order valence-corrected chi connectivity index (χ0v) is 7.92. The zero-order valence-electron chi connectivity index (χ0n) is 7.92. The summed E-state index contributed by atoms with van der Waals surface area (Å²) in [7, 11) is 0. The fraction of sp³-hybridized carbons (Fsp3) is 0.222. The Morgan fingerprint density at radius 1 is 1.41 bits per heavy atom. The maximum Gasteiger partial charge on any atom is 0.418 e. The molecule has 0 N–H and O–H groups in total. The Hall–Kier alpha value is -2.04. The minimum atomic E-state index is -5.08. The second kappa shape index (κ2) is 4.45. The minimum Gasteiger partial charge on any atom is -0.298 e. The summed E-state index contributed by atoms with van der Waals surface area (Å²) in [4.78, 5) is 13.4. The van der Waals surface area contributed by atoms with Crippen LogP contribution in [-0.4, -0.2) is 11.3 Å². The minimum absolute atomic E-state index is 0.189. The van der Waals surface area contributed by atoms with Gasteiger partial charge < -0.3 is 0 Å². The second-order valence-electron chi connectivity index (χ2n) is 2.88. The lowest BCUT2D eigenvalue weighted by Gasteiger charge is -2.13. The molecule has 0 spiro atoms. The van der Waals surface area contributed by atoms with Crippen LogP contribution in [0.4, 0.5) is 22.0 Å². The Morgan fingerprint density at radius 2 is 2.00 bits per heavy atom. The van der Waals surface area contributed by atoms with E-state index in [0.29, 0.717) is 6.20 Å². The molecule has 1 rings (SSSR count). The molecular weight excluding hydrogens is 247 g/mol. The molecule has 0 amide bonds. The van der Waals surface area contributed by atoms with E-state index in [0.717, 1.165) is 6.07 Å².